The number of aromatic nitrogens is 1. The van der Waals surface area contributed by atoms with E-state index in [1.165, 1.54) is 12.3 Å². The maximum atomic E-state index is 13.5. The maximum Gasteiger partial charge on any atom is 0.335 e. The number of aromatic carboxylic acids is 1. The highest BCUT2D eigenvalue weighted by molar-refractivity contribution is 6.06. The van der Waals surface area contributed by atoms with Crippen LogP contribution in [-0.2, 0) is 0 Å². The van der Waals surface area contributed by atoms with Crippen LogP contribution in [-0.4, -0.2) is 27.1 Å². The molecule has 2 aromatic rings. The molecule has 0 aliphatic rings. The Morgan fingerprint density at radius 1 is 1.25 bits per heavy atom. The Bertz CT molecular complexity index is 688. The molecule has 0 fully saturated rings. The van der Waals surface area contributed by atoms with E-state index in [9.17, 15) is 19.1 Å². The highest BCUT2D eigenvalue weighted by Crippen LogP contribution is 2.20. The number of anilines is 1. The van der Waals surface area contributed by atoms with Gasteiger partial charge < -0.3 is 15.5 Å². The summed E-state index contributed by atoms with van der Waals surface area (Å²) >= 11 is 0. The Hall–Kier alpha value is -2.96. The monoisotopic (exact) mass is 276 g/mol. The van der Waals surface area contributed by atoms with Gasteiger partial charge in [0.25, 0.3) is 5.91 Å². The van der Waals surface area contributed by atoms with Crippen molar-refractivity contribution in [2.24, 2.45) is 0 Å². The van der Waals surface area contributed by atoms with Crippen molar-refractivity contribution >= 4 is 17.6 Å². The number of amides is 1. The van der Waals surface area contributed by atoms with Gasteiger partial charge in [-0.3, -0.25) is 9.78 Å². The number of hydrogen-bond acceptors (Lipinski definition) is 4. The SMILES string of the molecule is O=C(O)c1ccc(F)c(NC(=O)c2ccncc2O)c1. The summed E-state index contributed by atoms with van der Waals surface area (Å²) in [5.41, 5.74) is -0.549. The number of carbonyl (C=O) groups excluding carboxylic acids is 1. The fraction of sp³-hybridized carbons (Fsp3) is 0. The van der Waals surface area contributed by atoms with Crippen molar-refractivity contribution in [3.05, 3.63) is 53.6 Å². The molecule has 20 heavy (non-hydrogen) atoms. The van der Waals surface area contributed by atoms with Crippen LogP contribution in [0.5, 0.6) is 5.75 Å². The summed E-state index contributed by atoms with van der Waals surface area (Å²) in [5, 5.41) is 20.5. The summed E-state index contributed by atoms with van der Waals surface area (Å²) < 4.78 is 13.5. The first kappa shape index (κ1) is 13.5. The minimum atomic E-state index is -1.24. The first-order valence-electron chi connectivity index (χ1n) is 5.46. The summed E-state index contributed by atoms with van der Waals surface area (Å²) in [6.45, 7) is 0. The van der Waals surface area contributed by atoms with Crippen LogP contribution in [0, 0.1) is 5.82 Å². The van der Waals surface area contributed by atoms with E-state index in [0.29, 0.717) is 0 Å². The van der Waals surface area contributed by atoms with Gasteiger partial charge >= 0.3 is 5.97 Å². The van der Waals surface area contributed by atoms with Gasteiger partial charge in [0.05, 0.1) is 23.0 Å². The van der Waals surface area contributed by atoms with Crippen LogP contribution in [0.2, 0.25) is 0 Å². The van der Waals surface area contributed by atoms with Gasteiger partial charge in [-0.1, -0.05) is 0 Å². The second-order valence-corrected chi connectivity index (χ2v) is 3.85. The predicted octanol–water partition coefficient (Wildman–Crippen LogP) is 1.88. The first-order chi connectivity index (χ1) is 9.49. The van der Waals surface area contributed by atoms with Gasteiger partial charge in [-0.15, -0.1) is 0 Å². The average molecular weight is 276 g/mol. The number of carboxylic acid groups (broad SMARTS) is 1. The van der Waals surface area contributed by atoms with Crippen molar-refractivity contribution in [3.63, 3.8) is 0 Å². The van der Waals surface area contributed by atoms with E-state index in [4.69, 9.17) is 5.11 Å². The second kappa shape index (κ2) is 5.35. The van der Waals surface area contributed by atoms with Crippen molar-refractivity contribution in [1.29, 1.82) is 0 Å². The maximum absolute atomic E-state index is 13.5. The minimum Gasteiger partial charge on any atom is -0.505 e. The molecule has 0 radical (unpaired) electrons. The van der Waals surface area contributed by atoms with Crippen LogP contribution < -0.4 is 5.32 Å². The molecule has 7 heteroatoms. The zero-order valence-corrected chi connectivity index (χ0v) is 10.0. The van der Waals surface area contributed by atoms with Gasteiger partial charge in [0, 0.05) is 6.20 Å². The normalized spacial score (nSPS) is 10.1. The molecule has 0 bridgehead atoms. The number of nitrogens with one attached hydrogen (secondary N) is 1. The predicted molar refractivity (Wildman–Crippen MR) is 67.2 cm³/mol. The van der Waals surface area contributed by atoms with Gasteiger partial charge in [-0.05, 0) is 24.3 Å². The lowest BCUT2D eigenvalue weighted by Gasteiger charge is -2.08. The number of carbonyl (C=O) groups is 2. The number of aromatic hydroxyl groups is 1. The molecule has 0 atom stereocenters. The van der Waals surface area contributed by atoms with Crippen LogP contribution >= 0.6 is 0 Å². The molecular weight excluding hydrogens is 267 g/mol. The Morgan fingerprint density at radius 2 is 2.00 bits per heavy atom. The molecule has 0 saturated heterocycles. The first-order valence-corrected chi connectivity index (χ1v) is 5.46. The zero-order valence-electron chi connectivity index (χ0n) is 10.0. The summed E-state index contributed by atoms with van der Waals surface area (Å²) in [6.07, 6.45) is 2.36. The van der Waals surface area contributed by atoms with E-state index in [-0.39, 0.29) is 22.6 Å². The third kappa shape index (κ3) is 2.72. The number of nitrogens with zero attached hydrogens (tertiary/aromatic N) is 1. The third-order valence-electron chi connectivity index (χ3n) is 2.51. The standard InChI is InChI=1S/C13H9FN2O4/c14-9-2-1-7(13(19)20)5-10(9)16-12(18)8-3-4-15-6-11(8)17/h1-6,17H,(H,16,18)(H,19,20). The molecule has 6 nitrogen and oxygen atoms in total. The molecule has 1 heterocycles. The Kier molecular flexibility index (Phi) is 3.60. The average Bonchev–Trinajstić information content (AvgIpc) is 2.41. The van der Waals surface area contributed by atoms with Crippen molar-refractivity contribution in [2.45, 2.75) is 0 Å². The molecule has 0 spiro atoms. The summed E-state index contributed by atoms with van der Waals surface area (Å²) in [4.78, 5) is 26.3. The van der Waals surface area contributed by atoms with E-state index < -0.39 is 17.7 Å². The lowest BCUT2D eigenvalue weighted by Crippen LogP contribution is -2.14. The minimum absolute atomic E-state index is 0.0971. The Balaban J connectivity index is 2.30. The quantitative estimate of drug-likeness (QED) is 0.794. The third-order valence-corrected chi connectivity index (χ3v) is 2.51. The molecule has 1 aromatic carbocycles. The number of carboxylic acids is 1. The van der Waals surface area contributed by atoms with E-state index in [1.54, 1.807) is 0 Å². The lowest BCUT2D eigenvalue weighted by atomic mass is 10.1. The summed E-state index contributed by atoms with van der Waals surface area (Å²) in [5.74, 6) is -3.16. The molecule has 1 aromatic heterocycles. The number of pyridine rings is 1. The molecule has 0 aliphatic heterocycles. The Labute approximate surface area is 112 Å². The van der Waals surface area contributed by atoms with Gasteiger partial charge in [0.2, 0.25) is 0 Å². The molecule has 0 unspecified atom stereocenters. The fourth-order valence-corrected chi connectivity index (χ4v) is 1.52. The summed E-state index contributed by atoms with van der Waals surface area (Å²) in [7, 11) is 0. The molecule has 0 saturated carbocycles. The zero-order chi connectivity index (χ0) is 14.7. The van der Waals surface area contributed by atoms with Crippen LogP contribution in [0.25, 0.3) is 0 Å². The van der Waals surface area contributed by atoms with E-state index in [1.807, 2.05) is 0 Å². The number of rotatable bonds is 3. The topological polar surface area (TPSA) is 99.5 Å². The van der Waals surface area contributed by atoms with E-state index in [2.05, 4.69) is 10.3 Å². The van der Waals surface area contributed by atoms with Crippen LogP contribution in [0.1, 0.15) is 20.7 Å². The number of halogens is 1. The van der Waals surface area contributed by atoms with E-state index >= 15 is 0 Å². The van der Waals surface area contributed by atoms with E-state index in [0.717, 1.165) is 24.4 Å². The summed E-state index contributed by atoms with van der Waals surface area (Å²) in [6, 6.07) is 4.26. The molecule has 0 aliphatic carbocycles. The van der Waals surface area contributed by atoms with Crippen molar-refractivity contribution in [1.82, 2.24) is 4.98 Å². The van der Waals surface area contributed by atoms with Crippen LogP contribution in [0.15, 0.2) is 36.7 Å². The Morgan fingerprint density at radius 3 is 2.65 bits per heavy atom. The largest absolute Gasteiger partial charge is 0.505 e. The highest BCUT2D eigenvalue weighted by Gasteiger charge is 2.14. The molecular formula is C13H9FN2O4. The van der Waals surface area contributed by atoms with Gasteiger partial charge in [0.15, 0.2) is 0 Å². The van der Waals surface area contributed by atoms with Crippen molar-refractivity contribution in [2.75, 3.05) is 5.32 Å². The van der Waals surface area contributed by atoms with Crippen molar-refractivity contribution in [3.8, 4) is 5.75 Å². The fourth-order valence-electron chi connectivity index (χ4n) is 1.52. The van der Waals surface area contributed by atoms with Crippen molar-refractivity contribution < 1.29 is 24.2 Å². The van der Waals surface area contributed by atoms with Gasteiger partial charge in [-0.25, -0.2) is 9.18 Å². The number of benzene rings is 1. The smallest absolute Gasteiger partial charge is 0.335 e. The van der Waals surface area contributed by atoms with Gasteiger partial charge in [-0.2, -0.15) is 0 Å². The highest BCUT2D eigenvalue weighted by atomic mass is 19.1. The number of hydrogen-bond donors (Lipinski definition) is 3. The van der Waals surface area contributed by atoms with Crippen LogP contribution in [0.3, 0.4) is 0 Å². The van der Waals surface area contributed by atoms with Crippen LogP contribution in [0.4, 0.5) is 10.1 Å². The second-order valence-electron chi connectivity index (χ2n) is 3.85. The lowest BCUT2D eigenvalue weighted by molar-refractivity contribution is 0.0696. The molecule has 102 valence electrons. The molecule has 2 rings (SSSR count). The van der Waals surface area contributed by atoms with Gasteiger partial charge in [0.1, 0.15) is 11.6 Å². The molecule has 1 amide bonds. The molecule has 3 N–H and O–H groups in total.